The van der Waals surface area contributed by atoms with E-state index in [-0.39, 0.29) is 17.4 Å². The molecule has 0 aromatic rings. The summed E-state index contributed by atoms with van der Waals surface area (Å²) in [6, 6.07) is 0. The van der Waals surface area contributed by atoms with Gasteiger partial charge < -0.3 is 10.4 Å². The molecule has 0 aromatic carbocycles. The minimum absolute atomic E-state index is 0.0593. The van der Waals surface area contributed by atoms with Crippen LogP contribution < -0.4 is 5.32 Å². The van der Waals surface area contributed by atoms with E-state index in [1.165, 1.54) is 0 Å². The van der Waals surface area contributed by atoms with Crippen LogP contribution in [-0.4, -0.2) is 42.4 Å². The van der Waals surface area contributed by atoms with Crippen molar-refractivity contribution in [2.24, 2.45) is 11.8 Å². The Balaban J connectivity index is 2.04. The molecule has 1 saturated carbocycles. The van der Waals surface area contributed by atoms with Crippen LogP contribution in [0.15, 0.2) is 0 Å². The van der Waals surface area contributed by atoms with Crippen LogP contribution in [0, 0.1) is 11.8 Å². The van der Waals surface area contributed by atoms with Crippen molar-refractivity contribution in [2.45, 2.75) is 38.1 Å². The van der Waals surface area contributed by atoms with Crippen LogP contribution in [0.1, 0.15) is 32.6 Å². The zero-order chi connectivity index (χ0) is 14.3. The van der Waals surface area contributed by atoms with Crippen LogP contribution >= 0.6 is 0 Å². The average Bonchev–Trinajstić information content (AvgIpc) is 2.83. The van der Waals surface area contributed by atoms with E-state index in [9.17, 15) is 18.0 Å². The highest BCUT2D eigenvalue weighted by molar-refractivity contribution is 7.91. The minimum atomic E-state index is -3.08. The number of sulfone groups is 1. The van der Waals surface area contributed by atoms with Gasteiger partial charge in [-0.1, -0.05) is 6.42 Å². The van der Waals surface area contributed by atoms with Gasteiger partial charge in [-0.2, -0.15) is 0 Å². The Bertz CT molecular complexity index is 500. The lowest BCUT2D eigenvalue weighted by atomic mass is 9.93. The molecule has 2 rings (SSSR count). The summed E-state index contributed by atoms with van der Waals surface area (Å²) in [5.74, 6) is -2.40. The highest BCUT2D eigenvalue weighted by Crippen LogP contribution is 2.33. The van der Waals surface area contributed by atoms with Crippen LogP contribution in [0.5, 0.6) is 0 Å². The summed E-state index contributed by atoms with van der Waals surface area (Å²) in [6.45, 7) is 1.71. The molecule has 0 aromatic heterocycles. The largest absolute Gasteiger partial charge is 0.481 e. The zero-order valence-corrected chi connectivity index (χ0v) is 11.7. The minimum Gasteiger partial charge on any atom is -0.481 e. The summed E-state index contributed by atoms with van der Waals surface area (Å²) in [5.41, 5.74) is -0.748. The van der Waals surface area contributed by atoms with Crippen molar-refractivity contribution >= 4 is 21.7 Å². The number of rotatable bonds is 3. The predicted octanol–water partition coefficient (Wildman–Crippen LogP) is 0.181. The van der Waals surface area contributed by atoms with E-state index in [4.69, 9.17) is 5.11 Å². The van der Waals surface area contributed by atoms with Crippen molar-refractivity contribution < 1.29 is 23.1 Å². The number of hydrogen-bond donors (Lipinski definition) is 2. The van der Waals surface area contributed by atoms with Crippen LogP contribution in [-0.2, 0) is 19.4 Å². The summed E-state index contributed by atoms with van der Waals surface area (Å²) in [6.07, 6.45) is 2.20. The number of carboxylic acids is 1. The van der Waals surface area contributed by atoms with Gasteiger partial charge in [0.15, 0.2) is 9.84 Å². The Hall–Kier alpha value is -1.11. The molecule has 1 saturated heterocycles. The van der Waals surface area contributed by atoms with Gasteiger partial charge in [0.1, 0.15) is 0 Å². The van der Waals surface area contributed by atoms with Crippen molar-refractivity contribution in [1.82, 2.24) is 5.32 Å². The fourth-order valence-electron chi connectivity index (χ4n) is 3.07. The normalized spacial score (nSPS) is 37.1. The summed E-state index contributed by atoms with van der Waals surface area (Å²) < 4.78 is 23.0. The van der Waals surface area contributed by atoms with Crippen LogP contribution in [0.25, 0.3) is 0 Å². The van der Waals surface area contributed by atoms with Crippen molar-refractivity contribution in [1.29, 1.82) is 0 Å². The number of carbonyl (C=O) groups excluding carboxylic acids is 1. The molecule has 2 N–H and O–H groups in total. The molecule has 1 aliphatic carbocycles. The summed E-state index contributed by atoms with van der Waals surface area (Å²) in [7, 11) is -3.08. The number of carbonyl (C=O) groups is 2. The monoisotopic (exact) mass is 289 g/mol. The molecule has 19 heavy (non-hydrogen) atoms. The molecule has 1 aliphatic heterocycles. The van der Waals surface area contributed by atoms with Crippen molar-refractivity contribution in [3.8, 4) is 0 Å². The summed E-state index contributed by atoms with van der Waals surface area (Å²) in [4.78, 5) is 23.2. The van der Waals surface area contributed by atoms with E-state index in [0.717, 1.165) is 6.42 Å². The van der Waals surface area contributed by atoms with Gasteiger partial charge in [0.05, 0.1) is 28.9 Å². The topological polar surface area (TPSA) is 101 Å². The third-order valence-electron chi connectivity index (χ3n) is 4.10. The molecular weight excluding hydrogens is 270 g/mol. The Morgan fingerprint density at radius 3 is 2.42 bits per heavy atom. The molecule has 2 fully saturated rings. The van der Waals surface area contributed by atoms with Gasteiger partial charge in [-0.3, -0.25) is 9.59 Å². The van der Waals surface area contributed by atoms with Crippen molar-refractivity contribution in [3.63, 3.8) is 0 Å². The maximum absolute atomic E-state index is 12.2. The quantitative estimate of drug-likeness (QED) is 0.772. The van der Waals surface area contributed by atoms with Gasteiger partial charge in [0.2, 0.25) is 5.91 Å². The Kier molecular flexibility index (Phi) is 3.59. The van der Waals surface area contributed by atoms with Crippen LogP contribution in [0.3, 0.4) is 0 Å². The molecule has 108 valence electrons. The Morgan fingerprint density at radius 1 is 1.26 bits per heavy atom. The van der Waals surface area contributed by atoms with E-state index >= 15 is 0 Å². The molecule has 0 radical (unpaired) electrons. The predicted molar refractivity (Wildman–Crippen MR) is 68.3 cm³/mol. The fourth-order valence-corrected chi connectivity index (χ4v) is 5.16. The first-order valence-corrected chi connectivity index (χ1v) is 8.30. The lowest BCUT2D eigenvalue weighted by Crippen LogP contribution is -2.50. The maximum Gasteiger partial charge on any atom is 0.307 e. The van der Waals surface area contributed by atoms with E-state index in [0.29, 0.717) is 19.3 Å². The van der Waals surface area contributed by atoms with E-state index < -0.39 is 33.2 Å². The fraction of sp³-hybridized carbons (Fsp3) is 0.833. The molecule has 3 unspecified atom stereocenters. The van der Waals surface area contributed by atoms with Gasteiger partial charge in [0.25, 0.3) is 0 Å². The first kappa shape index (κ1) is 14.3. The number of carboxylic acid groups (broad SMARTS) is 1. The zero-order valence-electron chi connectivity index (χ0n) is 10.9. The second-order valence-electron chi connectivity index (χ2n) is 5.87. The van der Waals surface area contributed by atoms with E-state index in [1.54, 1.807) is 6.92 Å². The number of hydrogen-bond acceptors (Lipinski definition) is 4. The standard InChI is InChI=1S/C12H19NO5S/c1-12(5-6-19(17,18)7-12)13-10(14)8-3-2-4-9(8)11(15)16/h8-9H,2-7H2,1H3,(H,13,14)(H,15,16). The third-order valence-corrected chi connectivity index (χ3v) is 6.00. The molecule has 1 heterocycles. The molecular formula is C12H19NO5S. The highest BCUT2D eigenvalue weighted by atomic mass is 32.2. The highest BCUT2D eigenvalue weighted by Gasteiger charge is 2.43. The van der Waals surface area contributed by atoms with Crippen LogP contribution in [0.4, 0.5) is 0 Å². The maximum atomic E-state index is 12.2. The smallest absolute Gasteiger partial charge is 0.307 e. The van der Waals surface area contributed by atoms with Crippen LogP contribution in [0.2, 0.25) is 0 Å². The van der Waals surface area contributed by atoms with E-state index in [1.807, 2.05) is 0 Å². The molecule has 2 aliphatic rings. The van der Waals surface area contributed by atoms with Gasteiger partial charge >= 0.3 is 5.97 Å². The second-order valence-corrected chi connectivity index (χ2v) is 8.06. The second kappa shape index (κ2) is 4.77. The molecule has 3 atom stereocenters. The van der Waals surface area contributed by atoms with Gasteiger partial charge in [-0.15, -0.1) is 0 Å². The first-order chi connectivity index (χ1) is 8.72. The molecule has 0 spiro atoms. The molecule has 7 heteroatoms. The van der Waals surface area contributed by atoms with Crippen molar-refractivity contribution in [3.05, 3.63) is 0 Å². The Morgan fingerprint density at radius 2 is 1.89 bits per heavy atom. The van der Waals surface area contributed by atoms with Gasteiger partial charge in [0, 0.05) is 0 Å². The third kappa shape index (κ3) is 3.08. The first-order valence-electron chi connectivity index (χ1n) is 6.48. The van der Waals surface area contributed by atoms with Gasteiger partial charge in [-0.05, 0) is 26.2 Å². The number of aliphatic carboxylic acids is 1. The lowest BCUT2D eigenvalue weighted by Gasteiger charge is -2.27. The average molecular weight is 289 g/mol. The van der Waals surface area contributed by atoms with Gasteiger partial charge in [-0.25, -0.2) is 8.42 Å². The molecule has 6 nitrogen and oxygen atoms in total. The number of nitrogens with one attached hydrogen (secondary N) is 1. The SMILES string of the molecule is CC1(NC(=O)C2CCCC2C(=O)O)CCS(=O)(=O)C1. The summed E-state index contributed by atoms with van der Waals surface area (Å²) in [5, 5.41) is 11.8. The number of amides is 1. The van der Waals surface area contributed by atoms with Crippen molar-refractivity contribution in [2.75, 3.05) is 11.5 Å². The molecule has 0 bridgehead atoms. The Labute approximate surface area is 112 Å². The molecule has 1 amide bonds. The van der Waals surface area contributed by atoms with E-state index in [2.05, 4.69) is 5.32 Å². The summed E-state index contributed by atoms with van der Waals surface area (Å²) >= 11 is 0. The lowest BCUT2D eigenvalue weighted by molar-refractivity contribution is -0.146.